The number of carboxylic acids is 1. The average Bonchev–Trinajstić information content (AvgIpc) is 3.05. The van der Waals surface area contributed by atoms with Gasteiger partial charge in [0.1, 0.15) is 13.2 Å². The highest BCUT2D eigenvalue weighted by molar-refractivity contribution is 5.87. The summed E-state index contributed by atoms with van der Waals surface area (Å²) in [5.74, 6) is -0.673. The van der Waals surface area contributed by atoms with Crippen LogP contribution in [0.15, 0.2) is 47.0 Å². The number of carbonyl (C=O) groups is 2. The zero-order chi connectivity index (χ0) is 19.2. The number of nitrogens with one attached hydrogen (secondary N) is 1. The normalized spacial score (nSPS) is 12.0. The van der Waals surface area contributed by atoms with Crippen LogP contribution in [0.25, 0.3) is 10.8 Å². The molecule has 0 aliphatic rings. The van der Waals surface area contributed by atoms with E-state index in [1.165, 1.54) is 0 Å². The molecule has 1 atom stereocenters. The van der Waals surface area contributed by atoms with Gasteiger partial charge in [-0.3, -0.25) is 9.59 Å². The van der Waals surface area contributed by atoms with Gasteiger partial charge < -0.3 is 19.7 Å². The number of amides is 1. The van der Waals surface area contributed by atoms with Crippen LogP contribution in [0.2, 0.25) is 0 Å². The highest BCUT2D eigenvalue weighted by Gasteiger charge is 2.20. The summed E-state index contributed by atoms with van der Waals surface area (Å²) in [6.45, 7) is 1.44. The zero-order valence-electron chi connectivity index (χ0n) is 14.7. The predicted molar refractivity (Wildman–Crippen MR) is 95.8 cm³/mol. The van der Waals surface area contributed by atoms with E-state index in [1.807, 2.05) is 42.5 Å². The quantitative estimate of drug-likeness (QED) is 0.626. The van der Waals surface area contributed by atoms with Crippen molar-refractivity contribution in [3.63, 3.8) is 0 Å². The van der Waals surface area contributed by atoms with Crippen molar-refractivity contribution in [2.24, 2.45) is 0 Å². The number of aromatic nitrogens is 2. The van der Waals surface area contributed by atoms with Crippen LogP contribution in [-0.2, 0) is 20.9 Å². The molecule has 0 saturated heterocycles. The summed E-state index contributed by atoms with van der Waals surface area (Å²) >= 11 is 0. The molecule has 1 aromatic heterocycles. The number of nitrogens with zero attached hydrogens (tertiary/aromatic N) is 2. The fraction of sp³-hybridized carbons (Fsp3) is 0.263. The van der Waals surface area contributed by atoms with Crippen molar-refractivity contribution < 1.29 is 24.0 Å². The van der Waals surface area contributed by atoms with Crippen molar-refractivity contribution in [3.05, 3.63) is 59.7 Å². The monoisotopic (exact) mass is 369 g/mol. The number of carbonyl (C=O) groups excluding carboxylic acids is 1. The molecule has 1 amide bonds. The van der Waals surface area contributed by atoms with Gasteiger partial charge in [-0.05, 0) is 23.3 Å². The topological polar surface area (TPSA) is 115 Å². The first kappa shape index (κ1) is 18.5. The molecule has 0 radical (unpaired) electrons. The number of aryl methyl sites for hydroxylation is 1. The van der Waals surface area contributed by atoms with E-state index in [2.05, 4.69) is 15.5 Å². The highest BCUT2D eigenvalue weighted by Crippen LogP contribution is 2.26. The minimum Gasteiger partial charge on any atom is -0.481 e. The third-order valence-electron chi connectivity index (χ3n) is 3.94. The molecule has 0 unspecified atom stereocenters. The van der Waals surface area contributed by atoms with Crippen LogP contribution < -0.4 is 5.32 Å². The summed E-state index contributed by atoms with van der Waals surface area (Å²) in [6, 6.07) is 12.5. The summed E-state index contributed by atoms with van der Waals surface area (Å²) in [6.07, 6.45) is -0.234. The minimum absolute atomic E-state index is 0.00608. The second kappa shape index (κ2) is 8.41. The van der Waals surface area contributed by atoms with E-state index in [0.29, 0.717) is 5.82 Å². The Hall–Kier alpha value is -3.26. The summed E-state index contributed by atoms with van der Waals surface area (Å²) in [5, 5.41) is 17.5. The summed E-state index contributed by atoms with van der Waals surface area (Å²) in [5.41, 5.74) is 0.747. The first-order valence-corrected chi connectivity index (χ1v) is 8.38. The Kier molecular flexibility index (Phi) is 5.77. The second-order valence-electron chi connectivity index (χ2n) is 6.01. The fourth-order valence-electron chi connectivity index (χ4n) is 2.83. The van der Waals surface area contributed by atoms with Gasteiger partial charge in [0.15, 0.2) is 5.82 Å². The van der Waals surface area contributed by atoms with Gasteiger partial charge in [-0.1, -0.05) is 47.6 Å². The van der Waals surface area contributed by atoms with E-state index in [1.54, 1.807) is 6.92 Å². The molecule has 140 valence electrons. The predicted octanol–water partition coefficient (Wildman–Crippen LogP) is 2.38. The van der Waals surface area contributed by atoms with Crippen molar-refractivity contribution >= 4 is 22.6 Å². The number of carboxylic acid groups (broad SMARTS) is 1. The molecule has 0 aliphatic carbocycles. The smallest absolute Gasteiger partial charge is 0.305 e. The molecular formula is C19H19N3O5. The van der Waals surface area contributed by atoms with Gasteiger partial charge in [-0.2, -0.15) is 4.98 Å². The molecule has 8 nitrogen and oxygen atoms in total. The summed E-state index contributed by atoms with van der Waals surface area (Å²) in [4.78, 5) is 27.5. The van der Waals surface area contributed by atoms with Crippen LogP contribution in [-0.4, -0.2) is 33.7 Å². The Balaban J connectivity index is 1.69. The SMILES string of the molecule is Cc1noc(COCC(=O)N[C@H](CC(=O)O)c2cccc3ccccc23)n1. The summed E-state index contributed by atoms with van der Waals surface area (Å²) < 4.78 is 10.2. The first-order chi connectivity index (χ1) is 13.0. The third kappa shape index (κ3) is 4.89. The van der Waals surface area contributed by atoms with E-state index in [4.69, 9.17) is 9.26 Å². The molecule has 8 heteroatoms. The van der Waals surface area contributed by atoms with E-state index < -0.39 is 17.9 Å². The Morgan fingerprint density at radius 3 is 2.74 bits per heavy atom. The molecule has 3 aromatic rings. The van der Waals surface area contributed by atoms with Gasteiger partial charge in [0.25, 0.3) is 5.89 Å². The fourth-order valence-corrected chi connectivity index (χ4v) is 2.83. The largest absolute Gasteiger partial charge is 0.481 e. The van der Waals surface area contributed by atoms with E-state index in [9.17, 15) is 14.7 Å². The third-order valence-corrected chi connectivity index (χ3v) is 3.94. The van der Waals surface area contributed by atoms with Crippen LogP contribution in [0.3, 0.4) is 0 Å². The molecule has 0 spiro atoms. The first-order valence-electron chi connectivity index (χ1n) is 8.38. The lowest BCUT2D eigenvalue weighted by Gasteiger charge is -2.19. The van der Waals surface area contributed by atoms with E-state index in [-0.39, 0.29) is 25.5 Å². The van der Waals surface area contributed by atoms with Gasteiger partial charge in [0.05, 0.1) is 12.5 Å². The minimum atomic E-state index is -1.00. The molecule has 0 aliphatic heterocycles. The number of rotatable bonds is 8. The maximum Gasteiger partial charge on any atom is 0.305 e. The molecule has 3 rings (SSSR count). The lowest BCUT2D eigenvalue weighted by Crippen LogP contribution is -2.33. The molecule has 1 heterocycles. The molecular weight excluding hydrogens is 350 g/mol. The van der Waals surface area contributed by atoms with Gasteiger partial charge in [0, 0.05) is 0 Å². The maximum absolute atomic E-state index is 12.2. The van der Waals surface area contributed by atoms with Crippen LogP contribution in [0.1, 0.15) is 29.7 Å². The van der Waals surface area contributed by atoms with E-state index >= 15 is 0 Å². The van der Waals surface area contributed by atoms with Crippen molar-refractivity contribution in [2.45, 2.75) is 26.0 Å². The maximum atomic E-state index is 12.2. The highest BCUT2D eigenvalue weighted by atomic mass is 16.5. The number of ether oxygens (including phenoxy) is 1. The average molecular weight is 369 g/mol. The number of hydrogen-bond donors (Lipinski definition) is 2. The number of fused-ring (bicyclic) bond motifs is 1. The van der Waals surface area contributed by atoms with Gasteiger partial charge in [0.2, 0.25) is 5.91 Å². The Morgan fingerprint density at radius 2 is 2.00 bits per heavy atom. The number of hydrogen-bond acceptors (Lipinski definition) is 6. The van der Waals surface area contributed by atoms with Gasteiger partial charge in [-0.15, -0.1) is 0 Å². The standard InChI is InChI=1S/C19H19N3O5/c1-12-20-18(27-22-12)11-26-10-17(23)21-16(9-19(24)25)15-8-4-6-13-5-2-3-7-14(13)15/h2-8,16H,9-11H2,1H3,(H,21,23)(H,24,25)/t16-/m1/s1. The number of aliphatic carboxylic acids is 1. The zero-order valence-corrected chi connectivity index (χ0v) is 14.7. The molecule has 0 bridgehead atoms. The lowest BCUT2D eigenvalue weighted by molar-refractivity contribution is -0.138. The van der Waals surface area contributed by atoms with Gasteiger partial charge >= 0.3 is 5.97 Å². The molecule has 2 aromatic carbocycles. The van der Waals surface area contributed by atoms with Crippen molar-refractivity contribution in [1.82, 2.24) is 15.5 Å². The molecule has 2 N–H and O–H groups in total. The second-order valence-corrected chi connectivity index (χ2v) is 6.01. The Labute approximate surface area is 155 Å². The Bertz CT molecular complexity index is 948. The lowest BCUT2D eigenvalue weighted by atomic mass is 9.96. The molecule has 27 heavy (non-hydrogen) atoms. The van der Waals surface area contributed by atoms with Crippen molar-refractivity contribution in [3.8, 4) is 0 Å². The van der Waals surface area contributed by atoms with Crippen molar-refractivity contribution in [2.75, 3.05) is 6.61 Å². The number of benzene rings is 2. The molecule has 0 saturated carbocycles. The van der Waals surface area contributed by atoms with E-state index in [0.717, 1.165) is 16.3 Å². The van der Waals surface area contributed by atoms with Gasteiger partial charge in [-0.25, -0.2) is 0 Å². The van der Waals surface area contributed by atoms with Crippen LogP contribution in [0.4, 0.5) is 0 Å². The molecule has 0 fully saturated rings. The van der Waals surface area contributed by atoms with Crippen LogP contribution >= 0.6 is 0 Å². The Morgan fingerprint density at radius 1 is 1.22 bits per heavy atom. The van der Waals surface area contributed by atoms with Crippen LogP contribution in [0, 0.1) is 6.92 Å². The van der Waals surface area contributed by atoms with Crippen LogP contribution in [0.5, 0.6) is 0 Å². The summed E-state index contributed by atoms with van der Waals surface area (Å²) in [7, 11) is 0. The van der Waals surface area contributed by atoms with Crippen molar-refractivity contribution in [1.29, 1.82) is 0 Å².